The van der Waals surface area contributed by atoms with Crippen molar-refractivity contribution < 1.29 is 0 Å². The third-order valence-electron chi connectivity index (χ3n) is 6.19. The Morgan fingerprint density at radius 2 is 2.15 bits per heavy atom. The van der Waals surface area contributed by atoms with Gasteiger partial charge in [0.1, 0.15) is 10.7 Å². The van der Waals surface area contributed by atoms with E-state index in [1.54, 1.807) is 11.3 Å². The minimum atomic E-state index is 0.0409. The molecule has 2 atom stereocenters. The number of para-hydroxylation sites is 1. The third-order valence-corrected chi connectivity index (χ3v) is 7.34. The molecule has 4 nitrogen and oxygen atoms in total. The number of aromatic nitrogens is 2. The highest BCUT2D eigenvalue weighted by molar-refractivity contribution is 7.18. The van der Waals surface area contributed by atoms with Crippen LogP contribution >= 0.6 is 11.3 Å². The van der Waals surface area contributed by atoms with E-state index in [1.165, 1.54) is 28.1 Å². The van der Waals surface area contributed by atoms with Gasteiger partial charge in [-0.3, -0.25) is 4.79 Å². The summed E-state index contributed by atoms with van der Waals surface area (Å²) in [5.41, 5.74) is 3.96. The lowest BCUT2D eigenvalue weighted by Crippen LogP contribution is -2.33. The lowest BCUT2D eigenvalue weighted by atomic mass is 9.89. The molecule has 27 heavy (non-hydrogen) atoms. The van der Waals surface area contributed by atoms with Crippen LogP contribution in [0.15, 0.2) is 29.1 Å². The van der Waals surface area contributed by atoms with E-state index in [0.29, 0.717) is 5.92 Å². The van der Waals surface area contributed by atoms with E-state index in [4.69, 9.17) is 4.98 Å². The van der Waals surface area contributed by atoms with Crippen LogP contribution in [0, 0.1) is 5.92 Å². The fourth-order valence-corrected chi connectivity index (χ4v) is 6.07. The van der Waals surface area contributed by atoms with E-state index in [9.17, 15) is 4.79 Å². The minimum Gasteiger partial charge on any atom is -0.361 e. The Morgan fingerprint density at radius 1 is 1.30 bits per heavy atom. The summed E-state index contributed by atoms with van der Waals surface area (Å²) in [6, 6.07) is 8.66. The summed E-state index contributed by atoms with van der Waals surface area (Å²) in [6.07, 6.45) is 5.52. The van der Waals surface area contributed by atoms with Gasteiger partial charge < -0.3 is 9.88 Å². The van der Waals surface area contributed by atoms with Crippen LogP contribution in [-0.4, -0.2) is 16.5 Å². The standard InChI is InChI=1S/C22H25N3OS/c1-13-9-10-16-18(12-13)27-22-19(16)21(26)23-20(24-22)14(2)25-11-5-7-15-6-3-4-8-17(15)25/h3-4,6,8,13-14H,5,7,9-12H2,1-2H3,(H,23,24,26)/t13-,14-/m1/s1. The van der Waals surface area contributed by atoms with E-state index in [-0.39, 0.29) is 11.6 Å². The Bertz CT molecular complexity index is 1070. The van der Waals surface area contributed by atoms with Gasteiger partial charge in [0.25, 0.3) is 5.56 Å². The molecule has 1 aliphatic heterocycles. The summed E-state index contributed by atoms with van der Waals surface area (Å²) < 4.78 is 0. The third kappa shape index (κ3) is 2.80. The zero-order valence-electron chi connectivity index (χ0n) is 15.9. The Balaban J connectivity index is 1.57. The summed E-state index contributed by atoms with van der Waals surface area (Å²) in [5, 5.41) is 0.844. The average Bonchev–Trinajstić information content (AvgIpc) is 3.04. The first-order valence-electron chi connectivity index (χ1n) is 10.0. The van der Waals surface area contributed by atoms with Crippen molar-refractivity contribution in [3.8, 4) is 0 Å². The van der Waals surface area contributed by atoms with Crippen LogP contribution in [0.4, 0.5) is 5.69 Å². The molecule has 0 saturated heterocycles. The molecular formula is C22H25N3OS. The highest BCUT2D eigenvalue weighted by Crippen LogP contribution is 2.37. The maximum atomic E-state index is 12.9. The number of hydrogen-bond acceptors (Lipinski definition) is 4. The number of aromatic amines is 1. The van der Waals surface area contributed by atoms with E-state index in [1.807, 2.05) is 0 Å². The zero-order chi connectivity index (χ0) is 18.5. The van der Waals surface area contributed by atoms with Gasteiger partial charge in [0.05, 0.1) is 11.4 Å². The summed E-state index contributed by atoms with van der Waals surface area (Å²) in [6.45, 7) is 5.45. The summed E-state index contributed by atoms with van der Waals surface area (Å²) in [7, 11) is 0. The number of aryl methyl sites for hydroxylation is 2. The second-order valence-corrected chi connectivity index (χ2v) is 9.17. The molecule has 140 valence electrons. The van der Waals surface area contributed by atoms with Gasteiger partial charge in [-0.05, 0) is 62.1 Å². The fraction of sp³-hybridized carbons (Fsp3) is 0.455. The molecule has 5 heteroatoms. The van der Waals surface area contributed by atoms with Crippen molar-refractivity contribution in [2.45, 2.75) is 52.0 Å². The van der Waals surface area contributed by atoms with Crippen LogP contribution in [-0.2, 0) is 19.3 Å². The zero-order valence-corrected chi connectivity index (χ0v) is 16.7. The van der Waals surface area contributed by atoms with Crippen molar-refractivity contribution in [3.05, 3.63) is 56.4 Å². The Hall–Kier alpha value is -2.14. The molecule has 3 heterocycles. The number of rotatable bonds is 2. The topological polar surface area (TPSA) is 49.0 Å². The molecule has 1 aliphatic carbocycles. The number of fused-ring (bicyclic) bond motifs is 4. The van der Waals surface area contributed by atoms with Gasteiger partial charge in [-0.1, -0.05) is 25.1 Å². The number of benzene rings is 1. The average molecular weight is 380 g/mol. The molecule has 0 fully saturated rings. The SMILES string of the molecule is C[C@@H]1CCc2c(sc3nc([C@@H](C)N4CCCc5ccccc54)[nH]c(=O)c23)C1. The predicted molar refractivity (Wildman–Crippen MR) is 112 cm³/mol. The van der Waals surface area contributed by atoms with Crippen LogP contribution in [0.2, 0.25) is 0 Å². The number of anilines is 1. The maximum Gasteiger partial charge on any atom is 0.259 e. The lowest BCUT2D eigenvalue weighted by molar-refractivity contribution is 0.509. The molecule has 1 aromatic carbocycles. The number of nitrogens with zero attached hydrogens (tertiary/aromatic N) is 2. The van der Waals surface area contributed by atoms with Gasteiger partial charge in [-0.25, -0.2) is 4.98 Å². The monoisotopic (exact) mass is 379 g/mol. The Labute approximate surface area is 163 Å². The first-order chi connectivity index (χ1) is 13.1. The largest absolute Gasteiger partial charge is 0.361 e. The van der Waals surface area contributed by atoms with Gasteiger partial charge in [-0.2, -0.15) is 0 Å². The van der Waals surface area contributed by atoms with Crippen LogP contribution in [0.5, 0.6) is 0 Å². The van der Waals surface area contributed by atoms with Crippen molar-refractivity contribution in [2.24, 2.45) is 5.92 Å². The van der Waals surface area contributed by atoms with Gasteiger partial charge in [0, 0.05) is 17.1 Å². The highest BCUT2D eigenvalue weighted by atomic mass is 32.1. The van der Waals surface area contributed by atoms with Crippen molar-refractivity contribution in [3.63, 3.8) is 0 Å². The van der Waals surface area contributed by atoms with Gasteiger partial charge in [0.15, 0.2) is 0 Å². The molecule has 0 unspecified atom stereocenters. The molecular weight excluding hydrogens is 354 g/mol. The molecule has 2 aliphatic rings. The molecule has 0 bridgehead atoms. The van der Waals surface area contributed by atoms with Crippen LogP contribution in [0.25, 0.3) is 10.2 Å². The van der Waals surface area contributed by atoms with E-state index < -0.39 is 0 Å². The predicted octanol–water partition coefficient (Wildman–Crippen LogP) is 4.62. The van der Waals surface area contributed by atoms with Gasteiger partial charge in [0.2, 0.25) is 0 Å². The molecule has 1 N–H and O–H groups in total. The number of thiophene rings is 1. The fourth-order valence-electron chi connectivity index (χ4n) is 4.68. The van der Waals surface area contributed by atoms with Crippen molar-refractivity contribution in [1.82, 2.24) is 9.97 Å². The number of nitrogens with one attached hydrogen (secondary N) is 1. The van der Waals surface area contributed by atoms with Crippen LogP contribution in [0.3, 0.4) is 0 Å². The maximum absolute atomic E-state index is 12.9. The second kappa shape index (κ2) is 6.48. The lowest BCUT2D eigenvalue weighted by Gasteiger charge is -2.35. The molecule has 5 rings (SSSR count). The van der Waals surface area contributed by atoms with Crippen LogP contribution in [0.1, 0.15) is 54.6 Å². The number of hydrogen-bond donors (Lipinski definition) is 1. The Kier molecular flexibility index (Phi) is 4.08. The number of H-pyrrole nitrogens is 1. The van der Waals surface area contributed by atoms with Crippen LogP contribution < -0.4 is 10.5 Å². The van der Waals surface area contributed by atoms with Crippen molar-refractivity contribution in [2.75, 3.05) is 11.4 Å². The minimum absolute atomic E-state index is 0.0409. The van der Waals surface area contributed by atoms with Crippen molar-refractivity contribution in [1.29, 1.82) is 0 Å². The summed E-state index contributed by atoms with van der Waals surface area (Å²) in [4.78, 5) is 25.7. The normalized spacial score (nSPS) is 20.4. The highest BCUT2D eigenvalue weighted by Gasteiger charge is 2.27. The van der Waals surface area contributed by atoms with Gasteiger partial charge >= 0.3 is 0 Å². The molecule has 0 saturated carbocycles. The van der Waals surface area contributed by atoms with E-state index in [2.05, 4.69) is 48.0 Å². The molecule has 0 radical (unpaired) electrons. The second-order valence-electron chi connectivity index (χ2n) is 8.08. The van der Waals surface area contributed by atoms with E-state index in [0.717, 1.165) is 48.3 Å². The quantitative estimate of drug-likeness (QED) is 0.707. The van der Waals surface area contributed by atoms with Crippen molar-refractivity contribution >= 4 is 27.2 Å². The first kappa shape index (κ1) is 17.0. The summed E-state index contributed by atoms with van der Waals surface area (Å²) >= 11 is 1.73. The Morgan fingerprint density at radius 3 is 3.04 bits per heavy atom. The molecule has 2 aromatic heterocycles. The molecule has 0 amide bonds. The first-order valence-corrected chi connectivity index (χ1v) is 10.8. The molecule has 3 aromatic rings. The smallest absolute Gasteiger partial charge is 0.259 e. The van der Waals surface area contributed by atoms with Gasteiger partial charge in [-0.15, -0.1) is 11.3 Å². The summed E-state index contributed by atoms with van der Waals surface area (Å²) in [5.74, 6) is 1.49. The molecule has 0 spiro atoms. The van der Waals surface area contributed by atoms with E-state index >= 15 is 0 Å².